The lowest BCUT2D eigenvalue weighted by molar-refractivity contribution is -0.136. The standard InChI is InChI=1S/C28H29N3O5/c1-30(17-20-10-5-3-6-11-20)27(33)25-26(22-14-9-15-23(16-22)29-24(32)19-35-2)36-28(34)31(25)18-21-12-7-4-8-13-21/h3-16,25-26H,17-19H2,1-2H3,(H,29,32). The van der Waals surface area contributed by atoms with Crippen molar-refractivity contribution in [3.05, 3.63) is 102 Å². The molecule has 1 saturated heterocycles. The Balaban J connectivity index is 1.64. The molecule has 3 amide bonds. The number of nitrogens with one attached hydrogen (secondary N) is 1. The number of carbonyl (C=O) groups is 3. The second-order valence-corrected chi connectivity index (χ2v) is 8.65. The van der Waals surface area contributed by atoms with Crippen LogP contribution in [0.4, 0.5) is 10.5 Å². The highest BCUT2D eigenvalue weighted by molar-refractivity contribution is 5.92. The molecule has 3 aromatic rings. The van der Waals surface area contributed by atoms with Gasteiger partial charge in [0.05, 0.1) is 6.54 Å². The first kappa shape index (κ1) is 24.9. The highest BCUT2D eigenvalue weighted by Gasteiger charge is 2.48. The number of hydrogen-bond donors (Lipinski definition) is 1. The van der Waals surface area contributed by atoms with E-state index in [1.165, 1.54) is 12.0 Å². The molecule has 2 atom stereocenters. The third-order valence-electron chi connectivity index (χ3n) is 5.95. The minimum atomic E-state index is -0.878. The number of anilines is 1. The predicted molar refractivity (Wildman–Crippen MR) is 135 cm³/mol. The summed E-state index contributed by atoms with van der Waals surface area (Å²) in [6.45, 7) is 0.540. The van der Waals surface area contributed by atoms with Crippen LogP contribution in [0.5, 0.6) is 0 Å². The van der Waals surface area contributed by atoms with Gasteiger partial charge in [0, 0.05) is 26.4 Å². The molecule has 1 aliphatic heterocycles. The number of rotatable bonds is 9. The van der Waals surface area contributed by atoms with E-state index < -0.39 is 18.2 Å². The molecule has 0 aliphatic carbocycles. The van der Waals surface area contributed by atoms with Crippen molar-refractivity contribution < 1.29 is 23.9 Å². The fourth-order valence-corrected chi connectivity index (χ4v) is 4.26. The van der Waals surface area contributed by atoms with E-state index in [2.05, 4.69) is 5.32 Å². The fraction of sp³-hybridized carbons (Fsp3) is 0.250. The van der Waals surface area contributed by atoms with Gasteiger partial charge < -0.3 is 19.7 Å². The van der Waals surface area contributed by atoms with Gasteiger partial charge in [-0.15, -0.1) is 0 Å². The molecule has 0 saturated carbocycles. The highest BCUT2D eigenvalue weighted by Crippen LogP contribution is 2.36. The van der Waals surface area contributed by atoms with Crippen molar-refractivity contribution in [1.82, 2.24) is 9.80 Å². The number of benzene rings is 3. The Bertz CT molecular complexity index is 1200. The zero-order valence-corrected chi connectivity index (χ0v) is 20.3. The SMILES string of the molecule is COCC(=O)Nc1cccc(C2OC(=O)N(Cc3ccccc3)C2C(=O)N(C)Cc2ccccc2)c1. The van der Waals surface area contributed by atoms with Gasteiger partial charge >= 0.3 is 6.09 Å². The third-order valence-corrected chi connectivity index (χ3v) is 5.95. The minimum Gasteiger partial charge on any atom is -0.438 e. The van der Waals surface area contributed by atoms with Crippen LogP contribution in [0.3, 0.4) is 0 Å². The molecule has 2 unspecified atom stereocenters. The molecule has 0 radical (unpaired) electrons. The number of methoxy groups -OCH3 is 1. The van der Waals surface area contributed by atoms with Crippen LogP contribution in [0.1, 0.15) is 22.8 Å². The first-order valence-corrected chi connectivity index (χ1v) is 11.6. The van der Waals surface area contributed by atoms with Crippen molar-refractivity contribution in [2.45, 2.75) is 25.2 Å². The fourth-order valence-electron chi connectivity index (χ4n) is 4.26. The van der Waals surface area contributed by atoms with E-state index in [9.17, 15) is 14.4 Å². The van der Waals surface area contributed by atoms with Crippen LogP contribution in [0.2, 0.25) is 0 Å². The molecule has 4 rings (SSSR count). The summed E-state index contributed by atoms with van der Waals surface area (Å²) in [5, 5.41) is 2.76. The van der Waals surface area contributed by atoms with Gasteiger partial charge in [-0.2, -0.15) is 0 Å². The minimum absolute atomic E-state index is 0.0844. The molecular formula is C28H29N3O5. The molecule has 8 nitrogen and oxygen atoms in total. The molecule has 1 aliphatic rings. The van der Waals surface area contributed by atoms with Crippen molar-refractivity contribution in [3.63, 3.8) is 0 Å². The lowest BCUT2D eigenvalue weighted by Crippen LogP contribution is -2.46. The molecule has 3 aromatic carbocycles. The second-order valence-electron chi connectivity index (χ2n) is 8.65. The van der Waals surface area contributed by atoms with Crippen molar-refractivity contribution in [2.24, 2.45) is 0 Å². The molecule has 0 bridgehead atoms. The number of cyclic esters (lactones) is 1. The Morgan fingerprint density at radius 1 is 0.972 bits per heavy atom. The van der Waals surface area contributed by atoms with Crippen LogP contribution in [0.25, 0.3) is 0 Å². The van der Waals surface area contributed by atoms with Crippen molar-refractivity contribution in [3.8, 4) is 0 Å². The number of ether oxygens (including phenoxy) is 2. The van der Waals surface area contributed by atoms with Gasteiger partial charge in [-0.3, -0.25) is 14.5 Å². The van der Waals surface area contributed by atoms with E-state index in [0.29, 0.717) is 17.8 Å². The maximum Gasteiger partial charge on any atom is 0.411 e. The first-order valence-electron chi connectivity index (χ1n) is 11.6. The summed E-state index contributed by atoms with van der Waals surface area (Å²) in [6, 6.07) is 25.2. The monoisotopic (exact) mass is 487 g/mol. The predicted octanol–water partition coefficient (Wildman–Crippen LogP) is 3.99. The van der Waals surface area contributed by atoms with Gasteiger partial charge in [0.15, 0.2) is 12.1 Å². The normalized spacial score (nSPS) is 16.9. The summed E-state index contributed by atoms with van der Waals surface area (Å²) in [7, 11) is 3.16. The average Bonchev–Trinajstić information content (AvgIpc) is 3.20. The Morgan fingerprint density at radius 3 is 2.31 bits per heavy atom. The third kappa shape index (κ3) is 5.90. The Kier molecular flexibility index (Phi) is 7.97. The van der Waals surface area contributed by atoms with Crippen molar-refractivity contribution in [1.29, 1.82) is 0 Å². The van der Waals surface area contributed by atoms with Crippen LogP contribution in [0, 0.1) is 0 Å². The van der Waals surface area contributed by atoms with E-state index in [-0.39, 0.29) is 25.0 Å². The van der Waals surface area contributed by atoms with E-state index in [1.54, 1.807) is 36.2 Å². The maximum atomic E-state index is 13.8. The Labute approximate surface area is 210 Å². The summed E-state index contributed by atoms with van der Waals surface area (Å²) in [5.41, 5.74) is 3.00. The molecule has 36 heavy (non-hydrogen) atoms. The van der Waals surface area contributed by atoms with Gasteiger partial charge in [0.1, 0.15) is 6.61 Å². The number of likely N-dealkylation sites (N-methyl/N-ethyl adjacent to an activating group) is 1. The van der Waals surface area contributed by atoms with Crippen LogP contribution >= 0.6 is 0 Å². The molecule has 0 spiro atoms. The van der Waals surface area contributed by atoms with Crippen LogP contribution in [-0.2, 0) is 32.2 Å². The Morgan fingerprint density at radius 2 is 1.64 bits per heavy atom. The quantitative estimate of drug-likeness (QED) is 0.493. The van der Waals surface area contributed by atoms with Gasteiger partial charge in [-0.1, -0.05) is 72.8 Å². The molecule has 0 aromatic heterocycles. The summed E-state index contributed by atoms with van der Waals surface area (Å²) in [5.74, 6) is -0.543. The topological polar surface area (TPSA) is 88.2 Å². The molecule has 1 N–H and O–H groups in total. The van der Waals surface area contributed by atoms with Crippen LogP contribution in [-0.4, -0.2) is 54.5 Å². The number of amides is 3. The maximum absolute atomic E-state index is 13.8. The summed E-state index contributed by atoms with van der Waals surface area (Å²) in [6.07, 6.45) is -1.41. The first-order chi connectivity index (χ1) is 17.5. The van der Waals surface area contributed by atoms with Gasteiger partial charge in [-0.05, 0) is 28.8 Å². The molecule has 1 fully saturated rings. The number of nitrogens with zero attached hydrogens (tertiary/aromatic N) is 2. The zero-order chi connectivity index (χ0) is 25.5. The second kappa shape index (κ2) is 11.5. The van der Waals surface area contributed by atoms with Gasteiger partial charge in [0.25, 0.3) is 0 Å². The number of hydrogen-bond acceptors (Lipinski definition) is 5. The zero-order valence-electron chi connectivity index (χ0n) is 20.3. The molecule has 8 heteroatoms. The lowest BCUT2D eigenvalue weighted by atomic mass is 9.99. The molecular weight excluding hydrogens is 458 g/mol. The van der Waals surface area contributed by atoms with Crippen LogP contribution in [0.15, 0.2) is 84.9 Å². The van der Waals surface area contributed by atoms with Crippen LogP contribution < -0.4 is 5.32 Å². The van der Waals surface area contributed by atoms with E-state index in [0.717, 1.165) is 11.1 Å². The van der Waals surface area contributed by atoms with E-state index in [1.807, 2.05) is 60.7 Å². The summed E-state index contributed by atoms with van der Waals surface area (Å²) < 4.78 is 10.7. The summed E-state index contributed by atoms with van der Waals surface area (Å²) >= 11 is 0. The number of carbonyl (C=O) groups excluding carboxylic acids is 3. The van der Waals surface area contributed by atoms with Crippen molar-refractivity contribution in [2.75, 3.05) is 26.1 Å². The lowest BCUT2D eigenvalue weighted by Gasteiger charge is -2.28. The smallest absolute Gasteiger partial charge is 0.411 e. The Hall–Kier alpha value is -4.17. The van der Waals surface area contributed by atoms with Crippen molar-refractivity contribution >= 4 is 23.6 Å². The van der Waals surface area contributed by atoms with Gasteiger partial charge in [-0.25, -0.2) is 4.79 Å². The largest absolute Gasteiger partial charge is 0.438 e. The average molecular weight is 488 g/mol. The van der Waals surface area contributed by atoms with E-state index in [4.69, 9.17) is 9.47 Å². The van der Waals surface area contributed by atoms with E-state index >= 15 is 0 Å². The molecule has 186 valence electrons. The summed E-state index contributed by atoms with van der Waals surface area (Å²) in [4.78, 5) is 41.9. The molecule has 1 heterocycles. The van der Waals surface area contributed by atoms with Gasteiger partial charge in [0.2, 0.25) is 11.8 Å². The highest BCUT2D eigenvalue weighted by atomic mass is 16.6.